The van der Waals surface area contributed by atoms with E-state index in [4.69, 9.17) is 10.5 Å². The number of carbonyl (C=O) groups excluding carboxylic acids is 2. The lowest BCUT2D eigenvalue weighted by Gasteiger charge is -2.28. The Morgan fingerprint density at radius 2 is 1.89 bits per heavy atom. The molecule has 5 nitrogen and oxygen atoms in total. The second-order valence-electron chi connectivity index (χ2n) is 4.60. The van der Waals surface area contributed by atoms with Crippen molar-refractivity contribution in [2.75, 3.05) is 6.61 Å². The van der Waals surface area contributed by atoms with Gasteiger partial charge < -0.3 is 15.8 Å². The van der Waals surface area contributed by atoms with E-state index in [-0.39, 0.29) is 36.2 Å². The second-order valence-corrected chi connectivity index (χ2v) is 4.60. The first-order chi connectivity index (χ1) is 8.04. The summed E-state index contributed by atoms with van der Waals surface area (Å²) in [5, 5.41) is 2.89. The maximum absolute atomic E-state index is 11.5. The molecular weight excluding hydrogens is 256 g/mol. The first kappa shape index (κ1) is 17.2. The lowest BCUT2D eigenvalue weighted by atomic mass is 9.86. The maximum Gasteiger partial charge on any atom is 0.308 e. The molecule has 1 amide bonds. The lowest BCUT2D eigenvalue weighted by molar-refractivity contribution is -0.149. The van der Waals surface area contributed by atoms with Gasteiger partial charge in [0.15, 0.2) is 0 Å². The van der Waals surface area contributed by atoms with Gasteiger partial charge in [0.1, 0.15) is 0 Å². The minimum atomic E-state index is -0.474. The molecule has 0 aromatic rings. The van der Waals surface area contributed by atoms with Crippen LogP contribution in [0.4, 0.5) is 0 Å². The molecule has 1 aliphatic rings. The molecule has 0 aromatic heterocycles. The molecule has 1 rings (SSSR count). The van der Waals surface area contributed by atoms with Crippen molar-refractivity contribution < 1.29 is 14.3 Å². The molecule has 1 unspecified atom stereocenters. The van der Waals surface area contributed by atoms with Crippen LogP contribution in [0.2, 0.25) is 0 Å². The van der Waals surface area contributed by atoms with Crippen LogP contribution in [-0.4, -0.2) is 30.6 Å². The van der Waals surface area contributed by atoms with Crippen LogP contribution >= 0.6 is 12.4 Å². The van der Waals surface area contributed by atoms with Crippen molar-refractivity contribution in [3.05, 3.63) is 0 Å². The van der Waals surface area contributed by atoms with E-state index in [1.807, 2.05) is 6.92 Å². The fourth-order valence-electron chi connectivity index (χ4n) is 2.07. The molecule has 1 atom stereocenters. The fourth-order valence-corrected chi connectivity index (χ4v) is 2.07. The molecule has 0 radical (unpaired) electrons. The van der Waals surface area contributed by atoms with E-state index in [1.165, 1.54) is 0 Å². The molecule has 3 N–H and O–H groups in total. The molecule has 1 fully saturated rings. The van der Waals surface area contributed by atoms with E-state index < -0.39 is 6.04 Å². The molecule has 0 bridgehead atoms. The van der Waals surface area contributed by atoms with Gasteiger partial charge in [-0.3, -0.25) is 9.59 Å². The number of halogens is 1. The summed E-state index contributed by atoms with van der Waals surface area (Å²) in [6.45, 7) is 3.91. The zero-order chi connectivity index (χ0) is 12.8. The molecule has 0 spiro atoms. The highest BCUT2D eigenvalue weighted by Gasteiger charge is 2.28. The average molecular weight is 279 g/mol. The summed E-state index contributed by atoms with van der Waals surface area (Å²) >= 11 is 0. The zero-order valence-electron chi connectivity index (χ0n) is 11.0. The third kappa shape index (κ3) is 5.23. The Bertz CT molecular complexity index is 276. The number of esters is 1. The standard InChI is InChI=1S/C12H22N2O3.ClH/c1-3-17-12(16)9-4-6-10(7-5-9)14-11(15)8(2)13;/h8-10H,3-7,13H2,1-2H3,(H,14,15);1H. The van der Waals surface area contributed by atoms with Crippen LogP contribution in [-0.2, 0) is 14.3 Å². The largest absolute Gasteiger partial charge is 0.466 e. The van der Waals surface area contributed by atoms with Crippen molar-refractivity contribution in [2.24, 2.45) is 11.7 Å². The van der Waals surface area contributed by atoms with E-state index >= 15 is 0 Å². The number of nitrogens with one attached hydrogen (secondary N) is 1. The van der Waals surface area contributed by atoms with Crippen molar-refractivity contribution in [2.45, 2.75) is 51.6 Å². The van der Waals surface area contributed by atoms with Gasteiger partial charge in [-0.1, -0.05) is 0 Å². The number of rotatable bonds is 4. The summed E-state index contributed by atoms with van der Waals surface area (Å²) in [6.07, 6.45) is 3.20. The predicted molar refractivity (Wildman–Crippen MR) is 71.4 cm³/mol. The van der Waals surface area contributed by atoms with Crippen LogP contribution in [0.3, 0.4) is 0 Å². The van der Waals surface area contributed by atoms with Crippen LogP contribution in [0.5, 0.6) is 0 Å². The molecule has 0 saturated heterocycles. The van der Waals surface area contributed by atoms with Gasteiger partial charge in [0.2, 0.25) is 5.91 Å². The van der Waals surface area contributed by atoms with E-state index in [0.717, 1.165) is 25.7 Å². The highest BCUT2D eigenvalue weighted by Crippen LogP contribution is 2.25. The number of hydrogen-bond acceptors (Lipinski definition) is 4. The number of hydrogen-bond donors (Lipinski definition) is 2. The molecule has 1 aliphatic carbocycles. The number of amides is 1. The van der Waals surface area contributed by atoms with Crippen LogP contribution in [0.25, 0.3) is 0 Å². The third-order valence-electron chi connectivity index (χ3n) is 3.11. The van der Waals surface area contributed by atoms with Gasteiger partial charge in [0.25, 0.3) is 0 Å². The van der Waals surface area contributed by atoms with Crippen molar-refractivity contribution in [3.63, 3.8) is 0 Å². The Kier molecular flexibility index (Phi) is 7.95. The monoisotopic (exact) mass is 278 g/mol. The third-order valence-corrected chi connectivity index (χ3v) is 3.11. The fraction of sp³-hybridized carbons (Fsp3) is 0.833. The van der Waals surface area contributed by atoms with Gasteiger partial charge in [-0.05, 0) is 39.5 Å². The Balaban J connectivity index is 0.00000289. The smallest absolute Gasteiger partial charge is 0.308 e. The normalized spacial score (nSPS) is 24.6. The zero-order valence-corrected chi connectivity index (χ0v) is 11.8. The van der Waals surface area contributed by atoms with Gasteiger partial charge in [-0.15, -0.1) is 12.4 Å². The van der Waals surface area contributed by atoms with Gasteiger partial charge in [0.05, 0.1) is 18.6 Å². The maximum atomic E-state index is 11.5. The molecule has 18 heavy (non-hydrogen) atoms. The average Bonchev–Trinajstić information content (AvgIpc) is 2.30. The second kappa shape index (κ2) is 8.32. The molecule has 0 aromatic carbocycles. The summed E-state index contributed by atoms with van der Waals surface area (Å²) in [7, 11) is 0. The van der Waals surface area contributed by atoms with Crippen LogP contribution in [0.1, 0.15) is 39.5 Å². The number of ether oxygens (including phenoxy) is 1. The lowest BCUT2D eigenvalue weighted by Crippen LogP contribution is -2.45. The molecule has 106 valence electrons. The Hall–Kier alpha value is -0.810. The summed E-state index contributed by atoms with van der Waals surface area (Å²) in [6, 6.07) is -0.322. The van der Waals surface area contributed by atoms with Crippen molar-refractivity contribution in [1.82, 2.24) is 5.32 Å². The van der Waals surface area contributed by atoms with E-state index in [0.29, 0.717) is 6.61 Å². The molecule has 0 heterocycles. The minimum absolute atomic E-state index is 0. The highest BCUT2D eigenvalue weighted by atomic mass is 35.5. The van der Waals surface area contributed by atoms with E-state index in [2.05, 4.69) is 5.32 Å². The molecule has 0 aliphatic heterocycles. The summed E-state index contributed by atoms with van der Waals surface area (Å²) in [5.74, 6) is -0.229. The predicted octanol–water partition coefficient (Wildman–Crippen LogP) is 0.993. The number of nitrogens with two attached hydrogens (primary N) is 1. The Morgan fingerprint density at radius 3 is 2.33 bits per heavy atom. The highest BCUT2D eigenvalue weighted by molar-refractivity contribution is 5.85. The first-order valence-electron chi connectivity index (χ1n) is 6.27. The Morgan fingerprint density at radius 1 is 1.33 bits per heavy atom. The van der Waals surface area contributed by atoms with Crippen molar-refractivity contribution >= 4 is 24.3 Å². The van der Waals surface area contributed by atoms with Gasteiger partial charge >= 0.3 is 5.97 Å². The summed E-state index contributed by atoms with van der Waals surface area (Å²) < 4.78 is 4.99. The molecular formula is C12H23ClN2O3. The number of carbonyl (C=O) groups is 2. The van der Waals surface area contributed by atoms with Crippen molar-refractivity contribution in [1.29, 1.82) is 0 Å². The topological polar surface area (TPSA) is 81.4 Å². The van der Waals surface area contributed by atoms with Crippen LogP contribution in [0.15, 0.2) is 0 Å². The quantitative estimate of drug-likeness (QED) is 0.752. The summed E-state index contributed by atoms with van der Waals surface area (Å²) in [4.78, 5) is 22.9. The molecule has 1 saturated carbocycles. The summed E-state index contributed by atoms with van der Waals surface area (Å²) in [5.41, 5.74) is 5.48. The first-order valence-corrected chi connectivity index (χ1v) is 6.27. The van der Waals surface area contributed by atoms with Crippen LogP contribution < -0.4 is 11.1 Å². The van der Waals surface area contributed by atoms with Crippen molar-refractivity contribution in [3.8, 4) is 0 Å². The van der Waals surface area contributed by atoms with E-state index in [9.17, 15) is 9.59 Å². The molecule has 6 heteroatoms. The van der Waals surface area contributed by atoms with Gasteiger partial charge in [0, 0.05) is 6.04 Å². The minimum Gasteiger partial charge on any atom is -0.466 e. The van der Waals surface area contributed by atoms with Gasteiger partial charge in [-0.25, -0.2) is 0 Å². The van der Waals surface area contributed by atoms with E-state index in [1.54, 1.807) is 6.92 Å². The van der Waals surface area contributed by atoms with Crippen LogP contribution in [0, 0.1) is 5.92 Å². The Labute approximate surface area is 114 Å². The van der Waals surface area contributed by atoms with Gasteiger partial charge in [-0.2, -0.15) is 0 Å². The SMILES string of the molecule is CCOC(=O)C1CCC(NC(=O)C(C)N)CC1.Cl.